The average molecular weight is 347 g/mol. The Labute approximate surface area is 150 Å². The van der Waals surface area contributed by atoms with Crippen LogP contribution in [-0.2, 0) is 11.3 Å². The number of benzene rings is 1. The van der Waals surface area contributed by atoms with Gasteiger partial charge in [-0.15, -0.1) is 0 Å². The summed E-state index contributed by atoms with van der Waals surface area (Å²) in [7, 11) is 0. The van der Waals surface area contributed by atoms with Gasteiger partial charge in [0.1, 0.15) is 5.60 Å². The monoisotopic (exact) mass is 347 g/mol. The van der Waals surface area contributed by atoms with Crippen LogP contribution in [-0.4, -0.2) is 60.1 Å². The summed E-state index contributed by atoms with van der Waals surface area (Å²) in [6.45, 7) is 11.4. The molecule has 0 unspecified atom stereocenters. The van der Waals surface area contributed by atoms with Gasteiger partial charge in [-0.25, -0.2) is 4.79 Å². The molecule has 1 aliphatic rings. The Kier molecular flexibility index (Phi) is 6.42. The van der Waals surface area contributed by atoms with Crippen LogP contribution in [0.3, 0.4) is 0 Å². The summed E-state index contributed by atoms with van der Waals surface area (Å²) in [5.74, 6) is 0.0253. The van der Waals surface area contributed by atoms with Gasteiger partial charge >= 0.3 is 6.09 Å². The first-order valence-corrected chi connectivity index (χ1v) is 8.87. The molecule has 1 heterocycles. The molecule has 25 heavy (non-hydrogen) atoms. The van der Waals surface area contributed by atoms with E-state index in [2.05, 4.69) is 5.32 Å². The number of piperazine rings is 1. The Morgan fingerprint density at radius 1 is 1.20 bits per heavy atom. The molecule has 138 valence electrons. The smallest absolute Gasteiger partial charge is 0.410 e. The van der Waals surface area contributed by atoms with E-state index in [0.717, 1.165) is 18.7 Å². The molecule has 0 atom stereocenters. The molecular formula is C19H29N3O3. The third kappa shape index (κ3) is 5.46. The zero-order valence-electron chi connectivity index (χ0n) is 15.7. The number of hydrogen-bond acceptors (Lipinski definition) is 4. The van der Waals surface area contributed by atoms with Crippen molar-refractivity contribution in [1.82, 2.24) is 15.1 Å². The molecule has 2 rings (SSSR count). The lowest BCUT2D eigenvalue weighted by atomic mass is 10.1. The minimum absolute atomic E-state index is 0.0253. The first-order valence-electron chi connectivity index (χ1n) is 8.87. The van der Waals surface area contributed by atoms with Crippen LogP contribution in [0.5, 0.6) is 0 Å². The third-order valence-electron chi connectivity index (χ3n) is 4.05. The molecule has 0 bridgehead atoms. The fourth-order valence-corrected chi connectivity index (χ4v) is 2.74. The molecule has 1 aliphatic heterocycles. The van der Waals surface area contributed by atoms with Gasteiger partial charge in [0.05, 0.1) is 0 Å². The SMILES string of the molecule is CCN(Cc1ccccc1C(=O)N1CCNCC1)C(=O)OC(C)(C)C. The van der Waals surface area contributed by atoms with Crippen LogP contribution < -0.4 is 5.32 Å². The zero-order chi connectivity index (χ0) is 18.4. The summed E-state index contributed by atoms with van der Waals surface area (Å²) in [5, 5.41) is 3.25. The van der Waals surface area contributed by atoms with Crippen molar-refractivity contribution in [2.75, 3.05) is 32.7 Å². The van der Waals surface area contributed by atoms with E-state index in [1.165, 1.54) is 0 Å². The maximum absolute atomic E-state index is 12.9. The van der Waals surface area contributed by atoms with Crippen molar-refractivity contribution in [3.63, 3.8) is 0 Å². The van der Waals surface area contributed by atoms with Crippen LogP contribution >= 0.6 is 0 Å². The predicted octanol–water partition coefficient (Wildman–Crippen LogP) is 2.49. The average Bonchev–Trinajstić information content (AvgIpc) is 2.58. The fraction of sp³-hybridized carbons (Fsp3) is 0.579. The van der Waals surface area contributed by atoms with Crippen molar-refractivity contribution in [2.24, 2.45) is 0 Å². The highest BCUT2D eigenvalue weighted by Gasteiger charge is 2.24. The number of carbonyl (C=O) groups excluding carboxylic acids is 2. The molecule has 1 aromatic carbocycles. The normalized spacial score (nSPS) is 15.0. The minimum Gasteiger partial charge on any atom is -0.444 e. The number of carbonyl (C=O) groups is 2. The highest BCUT2D eigenvalue weighted by Crippen LogP contribution is 2.17. The number of rotatable bonds is 4. The molecule has 0 saturated carbocycles. The Balaban J connectivity index is 2.15. The van der Waals surface area contributed by atoms with Gasteiger partial charge in [0, 0.05) is 44.8 Å². The molecule has 0 spiro atoms. The predicted molar refractivity (Wildman–Crippen MR) is 97.5 cm³/mol. The molecule has 1 saturated heterocycles. The van der Waals surface area contributed by atoms with Crippen LogP contribution in [0.2, 0.25) is 0 Å². The molecule has 6 heteroatoms. The van der Waals surface area contributed by atoms with Gasteiger partial charge in [-0.3, -0.25) is 4.79 Å². The van der Waals surface area contributed by atoms with Gasteiger partial charge in [-0.1, -0.05) is 18.2 Å². The van der Waals surface area contributed by atoms with E-state index >= 15 is 0 Å². The van der Waals surface area contributed by atoms with Crippen molar-refractivity contribution in [3.8, 4) is 0 Å². The molecule has 0 aliphatic carbocycles. The van der Waals surface area contributed by atoms with Crippen LogP contribution in [0.15, 0.2) is 24.3 Å². The zero-order valence-corrected chi connectivity index (χ0v) is 15.7. The van der Waals surface area contributed by atoms with Gasteiger partial charge in [0.2, 0.25) is 0 Å². The van der Waals surface area contributed by atoms with Crippen molar-refractivity contribution >= 4 is 12.0 Å². The van der Waals surface area contributed by atoms with Crippen LogP contribution in [0.4, 0.5) is 4.79 Å². The molecule has 0 radical (unpaired) electrons. The highest BCUT2D eigenvalue weighted by atomic mass is 16.6. The Bertz CT molecular complexity index is 604. The molecule has 1 aromatic rings. The fourth-order valence-electron chi connectivity index (χ4n) is 2.74. The quantitative estimate of drug-likeness (QED) is 0.909. The lowest BCUT2D eigenvalue weighted by Gasteiger charge is -2.29. The van der Waals surface area contributed by atoms with Gasteiger partial charge in [0.25, 0.3) is 5.91 Å². The summed E-state index contributed by atoms with van der Waals surface area (Å²) >= 11 is 0. The maximum atomic E-state index is 12.9. The number of hydrogen-bond donors (Lipinski definition) is 1. The largest absolute Gasteiger partial charge is 0.444 e. The summed E-state index contributed by atoms with van der Waals surface area (Å²) in [5.41, 5.74) is 0.964. The standard InChI is InChI=1S/C19H29N3O3/c1-5-21(18(24)25-19(2,3)4)14-15-8-6-7-9-16(15)17(23)22-12-10-20-11-13-22/h6-9,20H,5,10-14H2,1-4H3. The van der Waals surface area contributed by atoms with E-state index in [-0.39, 0.29) is 12.0 Å². The lowest BCUT2D eigenvalue weighted by molar-refractivity contribution is 0.0243. The molecule has 0 aromatic heterocycles. The summed E-state index contributed by atoms with van der Waals surface area (Å²) in [6.07, 6.45) is -0.362. The first kappa shape index (κ1) is 19.2. The van der Waals surface area contributed by atoms with E-state index in [4.69, 9.17) is 4.74 Å². The van der Waals surface area contributed by atoms with E-state index in [9.17, 15) is 9.59 Å². The second-order valence-corrected chi connectivity index (χ2v) is 7.19. The topological polar surface area (TPSA) is 61.9 Å². The van der Waals surface area contributed by atoms with E-state index < -0.39 is 5.60 Å². The molecular weight excluding hydrogens is 318 g/mol. The van der Waals surface area contributed by atoms with Crippen molar-refractivity contribution in [2.45, 2.75) is 39.8 Å². The minimum atomic E-state index is -0.541. The lowest BCUT2D eigenvalue weighted by Crippen LogP contribution is -2.46. The number of ether oxygens (including phenoxy) is 1. The number of nitrogens with one attached hydrogen (secondary N) is 1. The van der Waals surface area contributed by atoms with Crippen molar-refractivity contribution < 1.29 is 14.3 Å². The Morgan fingerprint density at radius 2 is 1.84 bits per heavy atom. The van der Waals surface area contributed by atoms with Crippen molar-refractivity contribution in [1.29, 1.82) is 0 Å². The Morgan fingerprint density at radius 3 is 2.44 bits per heavy atom. The number of nitrogens with zero attached hydrogens (tertiary/aromatic N) is 2. The van der Waals surface area contributed by atoms with Gasteiger partial charge in [-0.2, -0.15) is 0 Å². The van der Waals surface area contributed by atoms with Gasteiger partial charge < -0.3 is 19.9 Å². The molecule has 1 fully saturated rings. The molecule has 1 N–H and O–H groups in total. The van der Waals surface area contributed by atoms with Crippen LogP contribution in [0, 0.1) is 0 Å². The van der Waals surface area contributed by atoms with Gasteiger partial charge in [-0.05, 0) is 39.3 Å². The first-order chi connectivity index (χ1) is 11.8. The van der Waals surface area contributed by atoms with E-state index in [1.807, 2.05) is 56.9 Å². The van der Waals surface area contributed by atoms with Gasteiger partial charge in [0.15, 0.2) is 0 Å². The summed E-state index contributed by atoms with van der Waals surface area (Å²) < 4.78 is 5.46. The van der Waals surface area contributed by atoms with Crippen LogP contribution in [0.1, 0.15) is 43.6 Å². The molecule has 6 nitrogen and oxygen atoms in total. The third-order valence-corrected chi connectivity index (χ3v) is 4.05. The summed E-state index contributed by atoms with van der Waals surface area (Å²) in [6, 6.07) is 7.50. The highest BCUT2D eigenvalue weighted by molar-refractivity contribution is 5.95. The summed E-state index contributed by atoms with van der Waals surface area (Å²) in [4.78, 5) is 28.7. The maximum Gasteiger partial charge on any atom is 0.410 e. The second kappa shape index (κ2) is 8.34. The number of amides is 2. The molecule has 2 amide bonds. The van der Waals surface area contributed by atoms with Crippen LogP contribution in [0.25, 0.3) is 0 Å². The van der Waals surface area contributed by atoms with E-state index in [1.54, 1.807) is 4.90 Å². The van der Waals surface area contributed by atoms with Crippen molar-refractivity contribution in [3.05, 3.63) is 35.4 Å². The Hall–Kier alpha value is -2.08. The second-order valence-electron chi connectivity index (χ2n) is 7.19. The van der Waals surface area contributed by atoms with E-state index in [0.29, 0.717) is 31.7 Å².